The molecule has 1 aliphatic rings. The first-order chi connectivity index (χ1) is 14.0. The molecule has 0 radical (unpaired) electrons. The molecular formula is C20H19N3O4S2. The molecule has 1 unspecified atom stereocenters. The molecule has 0 saturated heterocycles. The van der Waals surface area contributed by atoms with Crippen LogP contribution in [-0.4, -0.2) is 29.5 Å². The summed E-state index contributed by atoms with van der Waals surface area (Å²) in [5, 5.41) is 6.13. The Kier molecular flexibility index (Phi) is 5.50. The van der Waals surface area contributed by atoms with Crippen LogP contribution in [-0.2, 0) is 16.1 Å². The SMILES string of the molecule is CC(=O)NCc1ccc(-c2nc(NC(=O)C3COc4ccccc4O3)sc2C)s1. The van der Waals surface area contributed by atoms with Gasteiger partial charge in [0.2, 0.25) is 12.0 Å². The highest BCUT2D eigenvalue weighted by atomic mass is 32.1. The summed E-state index contributed by atoms with van der Waals surface area (Å²) in [7, 11) is 0. The normalized spacial score (nSPS) is 15.0. The maximum atomic E-state index is 12.6. The van der Waals surface area contributed by atoms with Crippen molar-refractivity contribution in [2.75, 3.05) is 11.9 Å². The second-order valence-corrected chi connectivity index (χ2v) is 8.82. The number of aromatic nitrogens is 1. The molecule has 4 rings (SSSR count). The van der Waals surface area contributed by atoms with E-state index in [-0.39, 0.29) is 18.4 Å². The van der Waals surface area contributed by atoms with Crippen molar-refractivity contribution < 1.29 is 19.1 Å². The highest BCUT2D eigenvalue weighted by molar-refractivity contribution is 7.18. The maximum absolute atomic E-state index is 12.6. The van der Waals surface area contributed by atoms with Crippen molar-refractivity contribution in [1.29, 1.82) is 0 Å². The maximum Gasteiger partial charge on any atom is 0.270 e. The predicted octanol–water partition coefficient (Wildman–Crippen LogP) is 3.59. The number of ether oxygens (including phenoxy) is 2. The molecule has 3 heterocycles. The largest absolute Gasteiger partial charge is 0.485 e. The van der Waals surface area contributed by atoms with Gasteiger partial charge in [0.1, 0.15) is 6.61 Å². The van der Waals surface area contributed by atoms with Gasteiger partial charge < -0.3 is 14.8 Å². The monoisotopic (exact) mass is 429 g/mol. The van der Waals surface area contributed by atoms with Crippen LogP contribution in [0.25, 0.3) is 10.6 Å². The molecule has 2 amide bonds. The first-order valence-electron chi connectivity index (χ1n) is 9.00. The number of hydrogen-bond acceptors (Lipinski definition) is 7. The van der Waals surface area contributed by atoms with Gasteiger partial charge in [-0.2, -0.15) is 0 Å². The molecule has 1 aromatic carbocycles. The van der Waals surface area contributed by atoms with E-state index in [2.05, 4.69) is 15.6 Å². The standard InChI is InChI=1S/C20H19N3O4S2/c1-11-18(17-8-7-13(29-17)9-21-12(2)24)22-20(28-11)23-19(25)16-10-26-14-5-3-4-6-15(14)27-16/h3-8,16H,9-10H2,1-2H3,(H,21,24)(H,22,23,25). The molecule has 2 aromatic heterocycles. The summed E-state index contributed by atoms with van der Waals surface area (Å²) in [6, 6.07) is 11.2. The fourth-order valence-corrected chi connectivity index (χ4v) is 4.71. The Morgan fingerprint density at radius 2 is 1.97 bits per heavy atom. The first-order valence-corrected chi connectivity index (χ1v) is 10.6. The quantitative estimate of drug-likeness (QED) is 0.647. The van der Waals surface area contributed by atoms with Gasteiger partial charge in [0, 0.05) is 16.7 Å². The van der Waals surface area contributed by atoms with Crippen LogP contribution >= 0.6 is 22.7 Å². The van der Waals surface area contributed by atoms with Crippen LogP contribution in [0, 0.1) is 6.92 Å². The number of rotatable bonds is 5. The van der Waals surface area contributed by atoms with Gasteiger partial charge in [-0.25, -0.2) is 4.98 Å². The highest BCUT2D eigenvalue weighted by Crippen LogP contribution is 2.35. The molecule has 0 spiro atoms. The van der Waals surface area contributed by atoms with Crippen LogP contribution in [0.3, 0.4) is 0 Å². The summed E-state index contributed by atoms with van der Waals surface area (Å²) in [4.78, 5) is 31.3. The van der Waals surface area contributed by atoms with E-state index in [9.17, 15) is 9.59 Å². The van der Waals surface area contributed by atoms with Gasteiger partial charge in [-0.05, 0) is 31.2 Å². The van der Waals surface area contributed by atoms with Crippen molar-refractivity contribution in [2.24, 2.45) is 0 Å². The molecule has 0 saturated carbocycles. The lowest BCUT2D eigenvalue weighted by Gasteiger charge is -2.25. The molecule has 2 N–H and O–H groups in total. The van der Waals surface area contributed by atoms with Crippen molar-refractivity contribution in [3.05, 3.63) is 46.2 Å². The highest BCUT2D eigenvalue weighted by Gasteiger charge is 2.28. The van der Waals surface area contributed by atoms with E-state index in [0.717, 1.165) is 20.3 Å². The number of nitrogens with one attached hydrogen (secondary N) is 2. The van der Waals surface area contributed by atoms with E-state index in [1.54, 1.807) is 23.5 Å². The molecule has 1 atom stereocenters. The number of benzene rings is 1. The first kappa shape index (κ1) is 19.4. The van der Waals surface area contributed by atoms with Crippen LogP contribution < -0.4 is 20.1 Å². The fourth-order valence-electron chi connectivity index (χ4n) is 2.82. The van der Waals surface area contributed by atoms with E-state index < -0.39 is 6.10 Å². The predicted molar refractivity (Wildman–Crippen MR) is 113 cm³/mol. The lowest BCUT2D eigenvalue weighted by atomic mass is 10.2. The molecule has 29 heavy (non-hydrogen) atoms. The van der Waals surface area contributed by atoms with Gasteiger partial charge >= 0.3 is 0 Å². The Morgan fingerprint density at radius 1 is 1.17 bits per heavy atom. The number of anilines is 1. The van der Waals surface area contributed by atoms with E-state index in [0.29, 0.717) is 23.2 Å². The number of fused-ring (bicyclic) bond motifs is 1. The third kappa shape index (κ3) is 4.41. The van der Waals surface area contributed by atoms with Crippen molar-refractivity contribution >= 4 is 39.6 Å². The summed E-state index contributed by atoms with van der Waals surface area (Å²) in [6.45, 7) is 4.10. The smallest absolute Gasteiger partial charge is 0.270 e. The minimum absolute atomic E-state index is 0.0636. The molecule has 0 aliphatic carbocycles. The topological polar surface area (TPSA) is 89.6 Å². The minimum Gasteiger partial charge on any atom is -0.485 e. The number of aryl methyl sites for hydroxylation is 1. The molecule has 0 fully saturated rings. The third-order valence-corrected chi connectivity index (χ3v) is 6.21. The second-order valence-electron chi connectivity index (χ2n) is 6.45. The van der Waals surface area contributed by atoms with E-state index >= 15 is 0 Å². The number of carbonyl (C=O) groups is 2. The number of thiophene rings is 1. The average molecular weight is 430 g/mol. The molecule has 7 nitrogen and oxygen atoms in total. The van der Waals surface area contributed by atoms with Crippen molar-refractivity contribution in [3.63, 3.8) is 0 Å². The fraction of sp³-hybridized carbons (Fsp3) is 0.250. The lowest BCUT2D eigenvalue weighted by molar-refractivity contribution is -0.125. The Labute approximate surface area is 175 Å². The van der Waals surface area contributed by atoms with Crippen LogP contribution in [0.1, 0.15) is 16.7 Å². The summed E-state index contributed by atoms with van der Waals surface area (Å²) >= 11 is 2.98. The van der Waals surface area contributed by atoms with E-state index in [1.165, 1.54) is 18.3 Å². The zero-order chi connectivity index (χ0) is 20.4. The summed E-state index contributed by atoms with van der Waals surface area (Å²) in [5.74, 6) is 0.834. The van der Waals surface area contributed by atoms with Gasteiger partial charge in [0.15, 0.2) is 16.6 Å². The molecule has 3 aromatic rings. The Hall–Kier alpha value is -2.91. The summed E-state index contributed by atoms with van der Waals surface area (Å²) in [6.07, 6.45) is -0.733. The number of para-hydroxylation sites is 2. The second kappa shape index (κ2) is 8.22. The summed E-state index contributed by atoms with van der Waals surface area (Å²) in [5.41, 5.74) is 0.829. The van der Waals surface area contributed by atoms with Gasteiger partial charge in [0.05, 0.1) is 17.1 Å². The van der Waals surface area contributed by atoms with Crippen LogP contribution in [0.4, 0.5) is 5.13 Å². The Bertz CT molecular complexity index is 1060. The molecule has 150 valence electrons. The average Bonchev–Trinajstić information content (AvgIpc) is 3.32. The van der Waals surface area contributed by atoms with E-state index in [4.69, 9.17) is 9.47 Å². The summed E-state index contributed by atoms with van der Waals surface area (Å²) < 4.78 is 11.3. The van der Waals surface area contributed by atoms with Crippen molar-refractivity contribution in [2.45, 2.75) is 26.5 Å². The number of thiazole rings is 1. The number of hydrogen-bond donors (Lipinski definition) is 2. The number of carbonyl (C=O) groups excluding carboxylic acids is 2. The van der Waals surface area contributed by atoms with Crippen LogP contribution in [0.2, 0.25) is 0 Å². The minimum atomic E-state index is -0.733. The van der Waals surface area contributed by atoms with Gasteiger partial charge in [-0.3, -0.25) is 14.9 Å². The third-order valence-electron chi connectivity index (χ3n) is 4.23. The molecule has 0 bridgehead atoms. The molecule has 1 aliphatic heterocycles. The van der Waals surface area contributed by atoms with Gasteiger partial charge in [-0.15, -0.1) is 22.7 Å². The molecule has 9 heteroatoms. The van der Waals surface area contributed by atoms with Crippen LogP contribution in [0.5, 0.6) is 11.5 Å². The lowest BCUT2D eigenvalue weighted by Crippen LogP contribution is -2.40. The zero-order valence-electron chi connectivity index (χ0n) is 15.9. The number of nitrogens with zero attached hydrogens (tertiary/aromatic N) is 1. The van der Waals surface area contributed by atoms with Crippen molar-refractivity contribution in [1.82, 2.24) is 10.3 Å². The zero-order valence-corrected chi connectivity index (χ0v) is 17.5. The van der Waals surface area contributed by atoms with Gasteiger partial charge in [0.25, 0.3) is 5.91 Å². The number of amides is 2. The Morgan fingerprint density at radius 3 is 2.76 bits per heavy atom. The Balaban J connectivity index is 1.43. The van der Waals surface area contributed by atoms with E-state index in [1.807, 2.05) is 31.2 Å². The molecular weight excluding hydrogens is 410 g/mol. The van der Waals surface area contributed by atoms with Gasteiger partial charge in [-0.1, -0.05) is 12.1 Å². The van der Waals surface area contributed by atoms with Crippen molar-refractivity contribution in [3.8, 4) is 22.1 Å². The van der Waals surface area contributed by atoms with Crippen LogP contribution in [0.15, 0.2) is 36.4 Å².